The molecule has 0 aliphatic carbocycles. The first kappa shape index (κ1) is 19.7. The van der Waals surface area contributed by atoms with E-state index in [2.05, 4.69) is 26.0 Å². The number of amides is 2. The van der Waals surface area contributed by atoms with Crippen LogP contribution in [0.4, 0.5) is 5.95 Å². The van der Waals surface area contributed by atoms with Gasteiger partial charge < -0.3 is 0 Å². The molecule has 4 rings (SSSR count). The first-order chi connectivity index (χ1) is 14.6. The van der Waals surface area contributed by atoms with E-state index >= 15 is 0 Å². The third-order valence-electron chi connectivity index (χ3n) is 4.43. The summed E-state index contributed by atoms with van der Waals surface area (Å²) in [6.45, 7) is 0.465. The summed E-state index contributed by atoms with van der Waals surface area (Å²) in [5, 5.41) is 4.40. The minimum atomic E-state index is -0.481. The van der Waals surface area contributed by atoms with Crippen LogP contribution in [0.5, 0.6) is 0 Å². The summed E-state index contributed by atoms with van der Waals surface area (Å²) in [6, 6.07) is 25.1. The Hall–Kier alpha value is -3.58. The minimum absolute atomic E-state index is 0.0369. The number of nitrogens with zero attached hydrogens (tertiary/aromatic N) is 4. The fourth-order valence-electron chi connectivity index (χ4n) is 2.93. The topological polar surface area (TPSA) is 68.1 Å². The highest BCUT2D eigenvalue weighted by Gasteiger charge is 2.29. The monoisotopic (exact) mass is 460 g/mol. The lowest BCUT2D eigenvalue weighted by molar-refractivity contribution is 0.0895. The van der Waals surface area contributed by atoms with Gasteiger partial charge in [0.25, 0.3) is 17.8 Å². The molecule has 0 bridgehead atoms. The predicted octanol–water partition coefficient (Wildman–Crippen LogP) is 4.58. The van der Waals surface area contributed by atoms with E-state index in [1.54, 1.807) is 53.2 Å². The normalized spacial score (nSPS) is 10.6. The maximum absolute atomic E-state index is 13.2. The van der Waals surface area contributed by atoms with Gasteiger partial charge in [0, 0.05) is 15.6 Å². The number of carbonyl (C=O) groups is 2. The minimum Gasteiger partial charge on any atom is -0.268 e. The molecular formula is C23H17BrN4O2. The van der Waals surface area contributed by atoms with Crippen LogP contribution in [0.15, 0.2) is 95.7 Å². The highest BCUT2D eigenvalue weighted by atomic mass is 79.9. The van der Waals surface area contributed by atoms with Gasteiger partial charge >= 0.3 is 0 Å². The van der Waals surface area contributed by atoms with Crippen molar-refractivity contribution in [3.8, 4) is 0 Å². The maximum atomic E-state index is 13.2. The fraction of sp³-hybridized carbons (Fsp3) is 0.0435. The Morgan fingerprint density at radius 2 is 1.33 bits per heavy atom. The Balaban J connectivity index is 1.67. The number of hydrogen-bond donors (Lipinski definition) is 0. The molecule has 0 unspecified atom stereocenters. The Morgan fingerprint density at radius 1 is 0.800 bits per heavy atom. The lowest BCUT2D eigenvalue weighted by atomic mass is 10.1. The second kappa shape index (κ2) is 8.84. The Kier molecular flexibility index (Phi) is 5.81. The summed E-state index contributed by atoms with van der Waals surface area (Å²) in [4.78, 5) is 31.6. The SMILES string of the molecule is O=C(c1ccccc1)N(C(=O)c1ccccc1)c1ncn(Cc2ccc(Br)cc2)n1. The van der Waals surface area contributed by atoms with Crippen molar-refractivity contribution in [3.05, 3.63) is 112 Å². The van der Waals surface area contributed by atoms with Crippen LogP contribution >= 0.6 is 15.9 Å². The average Bonchev–Trinajstić information content (AvgIpc) is 3.24. The Morgan fingerprint density at radius 3 is 1.87 bits per heavy atom. The van der Waals surface area contributed by atoms with Crippen LogP contribution in [0.1, 0.15) is 26.3 Å². The molecule has 6 nitrogen and oxygen atoms in total. The molecule has 0 aliphatic heterocycles. The van der Waals surface area contributed by atoms with Gasteiger partial charge in [-0.1, -0.05) is 64.5 Å². The number of imide groups is 1. The van der Waals surface area contributed by atoms with Gasteiger partial charge in [0.15, 0.2) is 0 Å². The molecule has 0 saturated carbocycles. The highest BCUT2D eigenvalue weighted by Crippen LogP contribution is 2.17. The van der Waals surface area contributed by atoms with Crippen molar-refractivity contribution in [2.24, 2.45) is 0 Å². The maximum Gasteiger partial charge on any atom is 0.267 e. The van der Waals surface area contributed by atoms with Crippen molar-refractivity contribution in [2.75, 3.05) is 4.90 Å². The van der Waals surface area contributed by atoms with E-state index in [1.807, 2.05) is 36.4 Å². The van der Waals surface area contributed by atoms with Gasteiger partial charge in [0.1, 0.15) is 6.33 Å². The molecule has 0 radical (unpaired) electrons. The van der Waals surface area contributed by atoms with Gasteiger partial charge in [-0.15, -0.1) is 5.10 Å². The first-order valence-electron chi connectivity index (χ1n) is 9.24. The molecule has 7 heteroatoms. The zero-order chi connectivity index (χ0) is 20.9. The average molecular weight is 461 g/mol. The van der Waals surface area contributed by atoms with Crippen LogP contribution in [0.3, 0.4) is 0 Å². The molecule has 30 heavy (non-hydrogen) atoms. The van der Waals surface area contributed by atoms with Gasteiger partial charge in [0.2, 0.25) is 0 Å². The molecule has 3 aromatic carbocycles. The van der Waals surface area contributed by atoms with Crippen LogP contribution < -0.4 is 4.90 Å². The predicted molar refractivity (Wildman–Crippen MR) is 117 cm³/mol. The number of rotatable bonds is 5. The van der Waals surface area contributed by atoms with Gasteiger partial charge in [-0.25, -0.2) is 9.58 Å². The van der Waals surface area contributed by atoms with Gasteiger partial charge in [0.05, 0.1) is 6.54 Å². The number of benzene rings is 3. The molecule has 1 heterocycles. The second-order valence-corrected chi connectivity index (χ2v) is 7.46. The van der Waals surface area contributed by atoms with E-state index < -0.39 is 11.8 Å². The quantitative estimate of drug-likeness (QED) is 0.408. The van der Waals surface area contributed by atoms with E-state index in [0.29, 0.717) is 17.7 Å². The molecule has 0 atom stereocenters. The fourth-order valence-corrected chi connectivity index (χ4v) is 3.20. The molecule has 0 N–H and O–H groups in total. The third-order valence-corrected chi connectivity index (χ3v) is 4.96. The molecule has 4 aromatic rings. The standard InChI is InChI=1S/C23H17BrN4O2/c24-20-13-11-17(12-14-20)15-27-16-25-23(26-27)28(21(29)18-7-3-1-4-8-18)22(30)19-9-5-2-6-10-19/h1-14,16H,15H2. The summed E-state index contributed by atoms with van der Waals surface area (Å²) in [5.41, 5.74) is 1.78. The summed E-state index contributed by atoms with van der Waals surface area (Å²) in [6.07, 6.45) is 1.51. The highest BCUT2D eigenvalue weighted by molar-refractivity contribution is 9.10. The Labute approximate surface area is 181 Å². The van der Waals surface area contributed by atoms with Gasteiger partial charge in [-0.3, -0.25) is 9.59 Å². The lowest BCUT2D eigenvalue weighted by Gasteiger charge is -2.17. The van der Waals surface area contributed by atoms with Crippen molar-refractivity contribution < 1.29 is 9.59 Å². The zero-order valence-corrected chi connectivity index (χ0v) is 17.4. The van der Waals surface area contributed by atoms with E-state index in [1.165, 1.54) is 6.33 Å². The van der Waals surface area contributed by atoms with E-state index in [4.69, 9.17) is 0 Å². The number of halogens is 1. The van der Waals surface area contributed by atoms with Crippen molar-refractivity contribution in [2.45, 2.75) is 6.54 Å². The molecule has 1 aromatic heterocycles. The molecular weight excluding hydrogens is 444 g/mol. The lowest BCUT2D eigenvalue weighted by Crippen LogP contribution is -2.38. The molecule has 0 spiro atoms. The van der Waals surface area contributed by atoms with Crippen LogP contribution in [0, 0.1) is 0 Å². The second-order valence-electron chi connectivity index (χ2n) is 6.55. The van der Waals surface area contributed by atoms with Crippen molar-refractivity contribution in [3.63, 3.8) is 0 Å². The first-order valence-corrected chi connectivity index (χ1v) is 10.0. The van der Waals surface area contributed by atoms with Crippen LogP contribution in [-0.2, 0) is 6.54 Å². The third kappa shape index (κ3) is 4.36. The largest absolute Gasteiger partial charge is 0.268 e. The van der Waals surface area contributed by atoms with Gasteiger partial charge in [-0.05, 0) is 42.0 Å². The summed E-state index contributed by atoms with van der Waals surface area (Å²) in [7, 11) is 0. The van der Waals surface area contributed by atoms with Crippen molar-refractivity contribution >= 4 is 33.7 Å². The summed E-state index contributed by atoms with van der Waals surface area (Å²) < 4.78 is 2.58. The van der Waals surface area contributed by atoms with Crippen molar-refractivity contribution in [1.29, 1.82) is 0 Å². The Bertz CT molecular complexity index is 1110. The zero-order valence-electron chi connectivity index (χ0n) is 15.9. The van der Waals surface area contributed by atoms with Crippen LogP contribution in [-0.4, -0.2) is 26.6 Å². The van der Waals surface area contributed by atoms with Crippen molar-refractivity contribution in [1.82, 2.24) is 14.8 Å². The molecule has 2 amide bonds. The van der Waals surface area contributed by atoms with E-state index in [9.17, 15) is 9.59 Å². The van der Waals surface area contributed by atoms with Crippen LogP contribution in [0.25, 0.3) is 0 Å². The van der Waals surface area contributed by atoms with E-state index in [0.717, 1.165) is 14.9 Å². The number of hydrogen-bond acceptors (Lipinski definition) is 4. The van der Waals surface area contributed by atoms with Gasteiger partial charge in [-0.2, -0.15) is 4.98 Å². The summed E-state index contributed by atoms with van der Waals surface area (Å²) in [5.74, 6) is -0.925. The molecule has 148 valence electrons. The molecule has 0 saturated heterocycles. The molecule has 0 fully saturated rings. The number of anilines is 1. The van der Waals surface area contributed by atoms with Crippen LogP contribution in [0.2, 0.25) is 0 Å². The summed E-state index contributed by atoms with van der Waals surface area (Å²) >= 11 is 3.41. The molecule has 0 aliphatic rings. The number of aromatic nitrogens is 3. The van der Waals surface area contributed by atoms with E-state index in [-0.39, 0.29) is 5.95 Å². The smallest absolute Gasteiger partial charge is 0.267 e. The number of carbonyl (C=O) groups excluding carboxylic acids is 2.